The van der Waals surface area contributed by atoms with Gasteiger partial charge in [0.1, 0.15) is 24.1 Å². The predicted molar refractivity (Wildman–Crippen MR) is 117 cm³/mol. The van der Waals surface area contributed by atoms with Crippen LogP contribution in [0.15, 0.2) is 94.0 Å². The Hall–Kier alpha value is -4.27. The Balaban J connectivity index is 1.41. The first-order valence-electron chi connectivity index (χ1n) is 10.2. The lowest BCUT2D eigenvalue weighted by molar-refractivity contribution is 0.245. The first-order chi connectivity index (χ1) is 15.9. The highest BCUT2D eigenvalue weighted by Crippen LogP contribution is 2.30. The molecule has 3 aromatic rings. The van der Waals surface area contributed by atoms with E-state index >= 15 is 0 Å². The Morgan fingerprint density at radius 1 is 1.12 bits per heavy atom. The maximum absolute atomic E-state index is 6.06. The molecule has 0 saturated carbocycles. The van der Waals surface area contributed by atoms with Gasteiger partial charge in [-0.1, -0.05) is 23.3 Å². The van der Waals surface area contributed by atoms with Crippen molar-refractivity contribution in [1.82, 2.24) is 15.2 Å². The van der Waals surface area contributed by atoms with Gasteiger partial charge in [0.25, 0.3) is 5.89 Å². The fraction of sp³-hybridized carbons (Fsp3) is 0.174. The van der Waals surface area contributed by atoms with Crippen molar-refractivity contribution in [3.8, 4) is 11.5 Å². The molecule has 0 radical (unpaired) electrons. The molecule has 0 saturated heterocycles. The number of pyridine rings is 1. The molecule has 1 N–H and O–H groups in total. The van der Waals surface area contributed by atoms with E-state index in [1.807, 2.05) is 24.3 Å². The van der Waals surface area contributed by atoms with Crippen LogP contribution >= 0.6 is 0 Å². The third-order valence-corrected chi connectivity index (χ3v) is 4.91. The number of nitrogens with zero attached hydrogens (tertiary/aromatic N) is 4. The van der Waals surface area contributed by atoms with E-state index in [0.29, 0.717) is 42.3 Å². The molecule has 3 aromatic heterocycles. The highest BCUT2D eigenvalue weighted by Gasteiger charge is 2.24. The summed E-state index contributed by atoms with van der Waals surface area (Å²) in [5.41, 5.74) is 1.90. The molecule has 9 nitrogen and oxygen atoms in total. The number of ether oxygens (including phenoxy) is 2. The van der Waals surface area contributed by atoms with Crippen molar-refractivity contribution in [2.24, 2.45) is 0 Å². The summed E-state index contributed by atoms with van der Waals surface area (Å²) in [5.74, 6) is 2.21. The molecule has 0 amide bonds. The molecular formula is C23H21N5O4. The molecule has 2 aliphatic rings. The van der Waals surface area contributed by atoms with Gasteiger partial charge in [0.05, 0.1) is 24.9 Å². The fourth-order valence-corrected chi connectivity index (χ4v) is 3.35. The molecule has 0 bridgehead atoms. The molecule has 1 aliphatic heterocycles. The number of furan rings is 1. The van der Waals surface area contributed by atoms with Crippen molar-refractivity contribution < 1.29 is 18.3 Å². The lowest BCUT2D eigenvalue weighted by Crippen LogP contribution is -2.27. The Bertz CT molecular complexity index is 1180. The first-order valence-corrected chi connectivity index (χ1v) is 10.2. The summed E-state index contributed by atoms with van der Waals surface area (Å²) in [6.45, 7) is 1.02. The lowest BCUT2D eigenvalue weighted by atomic mass is 10.1. The topological polar surface area (TPSA) is 98.7 Å². The van der Waals surface area contributed by atoms with Gasteiger partial charge in [-0.05, 0) is 42.7 Å². The molecule has 0 fully saturated rings. The molecule has 0 aromatic carbocycles. The summed E-state index contributed by atoms with van der Waals surface area (Å²) in [7, 11) is 0. The molecule has 0 spiro atoms. The van der Waals surface area contributed by atoms with Crippen molar-refractivity contribution >= 4 is 11.8 Å². The van der Waals surface area contributed by atoms with Gasteiger partial charge in [0, 0.05) is 6.20 Å². The van der Waals surface area contributed by atoms with Gasteiger partial charge in [-0.15, -0.1) is 5.10 Å². The van der Waals surface area contributed by atoms with Crippen molar-refractivity contribution in [3.63, 3.8) is 0 Å². The number of hydrogen-bond acceptors (Lipinski definition) is 9. The van der Waals surface area contributed by atoms with Gasteiger partial charge in [-0.3, -0.25) is 4.90 Å². The largest absolute Gasteiger partial charge is 0.467 e. The average molecular weight is 431 g/mol. The maximum atomic E-state index is 6.06. The Morgan fingerprint density at radius 3 is 2.94 bits per heavy atom. The lowest BCUT2D eigenvalue weighted by Gasteiger charge is -2.24. The van der Waals surface area contributed by atoms with Crippen LogP contribution in [0.3, 0.4) is 0 Å². The Labute approximate surface area is 184 Å². The minimum atomic E-state index is 0.293. The summed E-state index contributed by atoms with van der Waals surface area (Å²) in [4.78, 5) is 6.20. The number of hydrogen-bond donors (Lipinski definition) is 1. The molecule has 0 atom stereocenters. The number of anilines is 2. The molecule has 32 heavy (non-hydrogen) atoms. The van der Waals surface area contributed by atoms with Gasteiger partial charge < -0.3 is 23.6 Å². The van der Waals surface area contributed by atoms with Crippen LogP contribution in [0.2, 0.25) is 0 Å². The molecule has 5 rings (SSSR count). The van der Waals surface area contributed by atoms with E-state index in [0.717, 1.165) is 18.6 Å². The predicted octanol–water partition coefficient (Wildman–Crippen LogP) is 4.74. The molecule has 4 heterocycles. The van der Waals surface area contributed by atoms with Crippen LogP contribution in [-0.2, 0) is 16.0 Å². The van der Waals surface area contributed by atoms with E-state index in [2.05, 4.69) is 38.7 Å². The van der Waals surface area contributed by atoms with Crippen LogP contribution in [0.25, 0.3) is 11.5 Å². The summed E-state index contributed by atoms with van der Waals surface area (Å²) in [6, 6.07) is 7.71. The summed E-state index contributed by atoms with van der Waals surface area (Å²) in [6.07, 6.45) is 16.0. The summed E-state index contributed by atoms with van der Waals surface area (Å²) in [5, 5.41) is 11.8. The average Bonchev–Trinajstić information content (AvgIpc) is 3.55. The van der Waals surface area contributed by atoms with Crippen molar-refractivity contribution in [3.05, 3.63) is 91.0 Å². The number of rotatable bonds is 8. The van der Waals surface area contributed by atoms with Gasteiger partial charge in [-0.2, -0.15) is 0 Å². The van der Waals surface area contributed by atoms with E-state index < -0.39 is 0 Å². The third kappa shape index (κ3) is 4.41. The van der Waals surface area contributed by atoms with Crippen LogP contribution in [0, 0.1) is 0 Å². The molecular weight excluding hydrogens is 410 g/mol. The molecule has 9 heteroatoms. The van der Waals surface area contributed by atoms with Crippen LogP contribution in [0.4, 0.5) is 11.8 Å². The van der Waals surface area contributed by atoms with Crippen LogP contribution in [-0.4, -0.2) is 21.7 Å². The van der Waals surface area contributed by atoms with E-state index in [-0.39, 0.29) is 0 Å². The van der Waals surface area contributed by atoms with Crippen LogP contribution < -0.4 is 10.2 Å². The zero-order valence-corrected chi connectivity index (χ0v) is 17.2. The number of nitrogens with one attached hydrogen (secondary N) is 1. The first kappa shape index (κ1) is 19.7. The minimum absolute atomic E-state index is 0.293. The van der Waals surface area contributed by atoms with Gasteiger partial charge in [0.15, 0.2) is 6.26 Å². The fourth-order valence-electron chi connectivity index (χ4n) is 3.35. The highest BCUT2D eigenvalue weighted by molar-refractivity contribution is 5.69. The van der Waals surface area contributed by atoms with Crippen LogP contribution in [0.5, 0.6) is 0 Å². The summed E-state index contributed by atoms with van der Waals surface area (Å²) < 4.78 is 22.4. The zero-order chi connectivity index (χ0) is 21.6. The van der Waals surface area contributed by atoms with Crippen LogP contribution in [0.1, 0.15) is 18.6 Å². The monoisotopic (exact) mass is 431 g/mol. The smallest absolute Gasteiger partial charge is 0.325 e. The second kappa shape index (κ2) is 9.25. The van der Waals surface area contributed by atoms with E-state index in [4.69, 9.17) is 18.3 Å². The standard InChI is InChI=1S/C23H21N5O4/c1-2-6-17(7-3-1)15-28(20-16-29-12-13-31-20)23-27-26-22(32-23)19-9-4-10-24-21(19)25-14-18-8-5-11-30-18/h1-2,4-6,8-13,16H,3,7,14-15H2,(H,24,25). The molecule has 162 valence electrons. The van der Waals surface area contributed by atoms with Crippen molar-refractivity contribution in [2.45, 2.75) is 19.4 Å². The number of allylic oxidation sites excluding steroid dienone is 3. The Kier molecular flexibility index (Phi) is 5.69. The summed E-state index contributed by atoms with van der Waals surface area (Å²) >= 11 is 0. The zero-order valence-electron chi connectivity index (χ0n) is 17.2. The van der Waals surface area contributed by atoms with Gasteiger partial charge in [0.2, 0.25) is 5.88 Å². The third-order valence-electron chi connectivity index (χ3n) is 4.91. The van der Waals surface area contributed by atoms with Gasteiger partial charge >= 0.3 is 6.01 Å². The van der Waals surface area contributed by atoms with E-state index in [1.54, 1.807) is 17.4 Å². The Morgan fingerprint density at radius 2 is 2.12 bits per heavy atom. The molecule has 0 unspecified atom stereocenters. The normalized spacial score (nSPS) is 14.9. The SMILES string of the molecule is C1=CCCC(CN(C2=COC=CO2)c2nnc(-c3cccnc3NCc3ccco3)o2)=C1. The quantitative estimate of drug-likeness (QED) is 0.542. The van der Waals surface area contributed by atoms with E-state index in [9.17, 15) is 0 Å². The van der Waals surface area contributed by atoms with Crippen molar-refractivity contribution in [1.29, 1.82) is 0 Å². The highest BCUT2D eigenvalue weighted by atomic mass is 16.5. The number of aromatic nitrogens is 3. The van der Waals surface area contributed by atoms with Gasteiger partial charge in [-0.25, -0.2) is 4.98 Å². The minimum Gasteiger partial charge on any atom is -0.467 e. The van der Waals surface area contributed by atoms with Crippen molar-refractivity contribution in [2.75, 3.05) is 16.8 Å². The molecule has 1 aliphatic carbocycles. The second-order valence-corrected chi connectivity index (χ2v) is 7.08. The maximum Gasteiger partial charge on any atom is 0.325 e. The second-order valence-electron chi connectivity index (χ2n) is 7.08. The van der Waals surface area contributed by atoms with E-state index in [1.165, 1.54) is 24.4 Å².